The highest BCUT2D eigenvalue weighted by atomic mass is 16.5. The van der Waals surface area contributed by atoms with E-state index < -0.39 is 0 Å². The van der Waals surface area contributed by atoms with Gasteiger partial charge >= 0.3 is 0 Å². The fraction of sp³-hybridized carbons (Fsp3) is 0.588. The first kappa shape index (κ1) is 16.8. The molecule has 1 aromatic carbocycles. The van der Waals surface area contributed by atoms with Gasteiger partial charge in [-0.15, -0.1) is 0 Å². The van der Waals surface area contributed by atoms with Crippen LogP contribution >= 0.6 is 0 Å². The lowest BCUT2D eigenvalue weighted by atomic mass is 10.1. The van der Waals surface area contributed by atoms with Crippen LogP contribution in [0.25, 0.3) is 0 Å². The van der Waals surface area contributed by atoms with Crippen LogP contribution in [0.4, 0.5) is 0 Å². The summed E-state index contributed by atoms with van der Waals surface area (Å²) in [4.78, 5) is 6.75. The predicted octanol–water partition coefficient (Wildman–Crippen LogP) is 1.32. The van der Waals surface area contributed by atoms with Crippen molar-refractivity contribution in [3.05, 3.63) is 35.9 Å². The predicted molar refractivity (Wildman–Crippen MR) is 91.1 cm³/mol. The van der Waals surface area contributed by atoms with Crippen molar-refractivity contribution in [3.8, 4) is 0 Å². The number of guanidine groups is 1. The van der Waals surface area contributed by atoms with Crippen LogP contribution in [0.2, 0.25) is 0 Å². The number of nitrogens with one attached hydrogen (secondary N) is 2. The molecule has 0 aliphatic carbocycles. The molecule has 0 aromatic heterocycles. The molecular weight excluding hydrogens is 276 g/mol. The number of rotatable bonds is 6. The van der Waals surface area contributed by atoms with Crippen LogP contribution in [0, 0.1) is 5.92 Å². The topological polar surface area (TPSA) is 48.9 Å². The van der Waals surface area contributed by atoms with Crippen LogP contribution in [0.15, 0.2) is 35.3 Å². The van der Waals surface area contributed by atoms with E-state index in [1.807, 2.05) is 13.1 Å². The fourth-order valence-electron chi connectivity index (χ4n) is 2.56. The van der Waals surface area contributed by atoms with Crippen LogP contribution in [0.5, 0.6) is 0 Å². The minimum absolute atomic E-state index is 0.577. The molecule has 0 radical (unpaired) electrons. The van der Waals surface area contributed by atoms with E-state index in [1.54, 1.807) is 0 Å². The third kappa shape index (κ3) is 6.03. The van der Waals surface area contributed by atoms with Gasteiger partial charge in [0.1, 0.15) is 0 Å². The van der Waals surface area contributed by atoms with Crippen molar-refractivity contribution in [3.63, 3.8) is 0 Å². The van der Waals surface area contributed by atoms with Crippen LogP contribution in [-0.4, -0.2) is 57.3 Å². The van der Waals surface area contributed by atoms with Crippen molar-refractivity contribution < 1.29 is 4.74 Å². The maximum atomic E-state index is 5.38. The maximum Gasteiger partial charge on any atom is 0.191 e. The molecule has 1 saturated heterocycles. The van der Waals surface area contributed by atoms with Crippen LogP contribution in [-0.2, 0) is 11.3 Å². The summed E-state index contributed by atoms with van der Waals surface area (Å²) in [6.07, 6.45) is 0. The van der Waals surface area contributed by atoms with Crippen LogP contribution < -0.4 is 10.6 Å². The second kappa shape index (κ2) is 9.43. The molecule has 1 aliphatic heterocycles. The number of nitrogens with zero attached hydrogens (tertiary/aromatic N) is 2. The quantitative estimate of drug-likeness (QED) is 0.615. The van der Waals surface area contributed by atoms with Crippen molar-refractivity contribution in [2.24, 2.45) is 10.9 Å². The summed E-state index contributed by atoms with van der Waals surface area (Å²) in [6.45, 7) is 8.90. The van der Waals surface area contributed by atoms with E-state index in [1.165, 1.54) is 5.56 Å². The van der Waals surface area contributed by atoms with E-state index in [-0.39, 0.29) is 0 Å². The summed E-state index contributed by atoms with van der Waals surface area (Å²) in [5.41, 5.74) is 1.26. The molecule has 0 bridgehead atoms. The highest BCUT2D eigenvalue weighted by molar-refractivity contribution is 5.79. The highest BCUT2D eigenvalue weighted by Crippen LogP contribution is 2.02. The van der Waals surface area contributed by atoms with Gasteiger partial charge in [-0.25, -0.2) is 0 Å². The molecule has 1 atom stereocenters. The normalized spacial score (nSPS) is 18.0. The Hall–Kier alpha value is -1.59. The number of hydrogen-bond donors (Lipinski definition) is 2. The molecule has 122 valence electrons. The summed E-state index contributed by atoms with van der Waals surface area (Å²) < 4.78 is 5.38. The number of morpholine rings is 1. The number of benzene rings is 1. The average molecular weight is 304 g/mol. The standard InChI is InChI=1S/C17H28N4O/c1-15(14-21-8-10-22-11-9-21)12-19-17(18-2)20-13-16-6-4-3-5-7-16/h3-7,15H,8-14H2,1-2H3,(H2,18,19,20). The van der Waals surface area contributed by atoms with Crippen molar-refractivity contribution in [1.82, 2.24) is 15.5 Å². The third-order valence-corrected chi connectivity index (χ3v) is 3.82. The van der Waals surface area contributed by atoms with Gasteiger partial charge in [0.05, 0.1) is 13.2 Å². The van der Waals surface area contributed by atoms with E-state index in [4.69, 9.17) is 4.74 Å². The van der Waals surface area contributed by atoms with Crippen LogP contribution in [0.3, 0.4) is 0 Å². The summed E-state index contributed by atoms with van der Waals surface area (Å²) in [5, 5.41) is 6.76. The Bertz CT molecular complexity index is 443. The Labute approximate surface area is 133 Å². The molecular formula is C17H28N4O. The second-order valence-corrected chi connectivity index (χ2v) is 5.81. The Morgan fingerprint density at radius 2 is 1.95 bits per heavy atom. The molecule has 0 saturated carbocycles. The summed E-state index contributed by atoms with van der Waals surface area (Å²) in [6, 6.07) is 10.4. The van der Waals surface area contributed by atoms with E-state index in [9.17, 15) is 0 Å². The van der Waals surface area contributed by atoms with E-state index in [0.717, 1.165) is 51.9 Å². The zero-order valence-electron chi connectivity index (χ0n) is 13.7. The highest BCUT2D eigenvalue weighted by Gasteiger charge is 2.13. The van der Waals surface area contributed by atoms with Gasteiger partial charge in [-0.05, 0) is 11.5 Å². The Balaban J connectivity index is 1.67. The van der Waals surface area contributed by atoms with Crippen molar-refractivity contribution in [1.29, 1.82) is 0 Å². The lowest BCUT2D eigenvalue weighted by Gasteiger charge is -2.29. The van der Waals surface area contributed by atoms with Crippen molar-refractivity contribution >= 4 is 5.96 Å². The summed E-state index contributed by atoms with van der Waals surface area (Å²) >= 11 is 0. The van der Waals surface area contributed by atoms with Gasteiger partial charge in [0.2, 0.25) is 0 Å². The van der Waals surface area contributed by atoms with Crippen molar-refractivity contribution in [2.45, 2.75) is 13.5 Å². The fourth-order valence-corrected chi connectivity index (χ4v) is 2.56. The Morgan fingerprint density at radius 3 is 2.64 bits per heavy atom. The SMILES string of the molecule is CN=C(NCc1ccccc1)NCC(C)CN1CCOCC1. The van der Waals surface area contributed by atoms with Gasteiger partial charge in [-0.1, -0.05) is 37.3 Å². The van der Waals surface area contributed by atoms with Gasteiger partial charge in [-0.2, -0.15) is 0 Å². The average Bonchev–Trinajstić information content (AvgIpc) is 2.57. The first-order valence-corrected chi connectivity index (χ1v) is 8.06. The largest absolute Gasteiger partial charge is 0.379 e. The smallest absolute Gasteiger partial charge is 0.191 e. The van der Waals surface area contributed by atoms with E-state index in [0.29, 0.717) is 5.92 Å². The van der Waals surface area contributed by atoms with E-state index >= 15 is 0 Å². The molecule has 0 amide bonds. The molecule has 5 heteroatoms. The minimum atomic E-state index is 0.577. The van der Waals surface area contributed by atoms with Gasteiger partial charge in [0.15, 0.2) is 5.96 Å². The summed E-state index contributed by atoms with van der Waals surface area (Å²) in [7, 11) is 1.81. The molecule has 1 heterocycles. The monoisotopic (exact) mass is 304 g/mol. The molecule has 1 aromatic rings. The zero-order valence-corrected chi connectivity index (χ0v) is 13.7. The van der Waals surface area contributed by atoms with Gasteiger partial charge in [-0.3, -0.25) is 9.89 Å². The van der Waals surface area contributed by atoms with Crippen molar-refractivity contribution in [2.75, 3.05) is 46.4 Å². The second-order valence-electron chi connectivity index (χ2n) is 5.81. The molecule has 5 nitrogen and oxygen atoms in total. The lowest BCUT2D eigenvalue weighted by molar-refractivity contribution is 0.0320. The molecule has 22 heavy (non-hydrogen) atoms. The van der Waals surface area contributed by atoms with Gasteiger partial charge in [0, 0.05) is 39.8 Å². The molecule has 1 aliphatic rings. The number of ether oxygens (including phenoxy) is 1. The molecule has 1 fully saturated rings. The number of hydrogen-bond acceptors (Lipinski definition) is 3. The van der Waals surface area contributed by atoms with Gasteiger partial charge in [0.25, 0.3) is 0 Å². The first-order valence-electron chi connectivity index (χ1n) is 8.06. The molecule has 0 spiro atoms. The maximum absolute atomic E-state index is 5.38. The Morgan fingerprint density at radius 1 is 1.23 bits per heavy atom. The zero-order chi connectivity index (χ0) is 15.6. The van der Waals surface area contributed by atoms with E-state index in [2.05, 4.69) is 51.7 Å². The molecule has 2 rings (SSSR count). The third-order valence-electron chi connectivity index (χ3n) is 3.82. The van der Waals surface area contributed by atoms with Crippen LogP contribution in [0.1, 0.15) is 12.5 Å². The summed E-state index contributed by atoms with van der Waals surface area (Å²) in [5.74, 6) is 1.44. The number of aliphatic imine (C=N–C) groups is 1. The first-order chi connectivity index (χ1) is 10.8. The lowest BCUT2D eigenvalue weighted by Crippen LogP contribution is -2.43. The molecule has 2 N–H and O–H groups in total. The minimum Gasteiger partial charge on any atom is -0.379 e. The molecule has 1 unspecified atom stereocenters. The van der Waals surface area contributed by atoms with Gasteiger partial charge < -0.3 is 15.4 Å². The Kier molecular flexibility index (Phi) is 7.19.